The average Bonchev–Trinajstić information content (AvgIpc) is 2.86. The molecule has 2 atom stereocenters. The van der Waals surface area contributed by atoms with Crippen LogP contribution in [0.3, 0.4) is 0 Å². The van der Waals surface area contributed by atoms with E-state index in [0.29, 0.717) is 17.9 Å². The summed E-state index contributed by atoms with van der Waals surface area (Å²) in [5.74, 6) is 1.25. The number of likely N-dealkylation sites (tertiary alicyclic amines) is 1. The van der Waals surface area contributed by atoms with E-state index in [-0.39, 0.29) is 17.9 Å². The highest BCUT2D eigenvalue weighted by Gasteiger charge is 2.29. The highest BCUT2D eigenvalue weighted by atomic mass is 32.1. The molecule has 1 aromatic rings. The number of ether oxygens (including phenoxy) is 1. The van der Waals surface area contributed by atoms with Crippen LogP contribution >= 0.6 is 12.2 Å². The molecule has 1 aliphatic heterocycles. The molecular formula is C15H26N4O2S. The van der Waals surface area contributed by atoms with E-state index in [1.165, 1.54) is 0 Å². The third kappa shape index (κ3) is 3.95. The highest BCUT2D eigenvalue weighted by Crippen LogP contribution is 2.25. The van der Waals surface area contributed by atoms with E-state index in [9.17, 15) is 4.79 Å². The number of piperidine rings is 1. The monoisotopic (exact) mass is 326 g/mol. The summed E-state index contributed by atoms with van der Waals surface area (Å²) in [6.45, 7) is 6.09. The number of carbonyl (C=O) groups excluding carboxylic acids is 1. The summed E-state index contributed by atoms with van der Waals surface area (Å²) < 4.78 is 8.15. The van der Waals surface area contributed by atoms with Crippen molar-refractivity contribution >= 4 is 18.1 Å². The van der Waals surface area contributed by atoms with Crippen LogP contribution in [-0.4, -0.2) is 51.4 Å². The molecule has 0 aliphatic carbocycles. The van der Waals surface area contributed by atoms with Gasteiger partial charge in [-0.1, -0.05) is 13.3 Å². The molecule has 1 saturated heterocycles. The van der Waals surface area contributed by atoms with Crippen molar-refractivity contribution in [3.63, 3.8) is 0 Å². The molecule has 2 unspecified atom stereocenters. The van der Waals surface area contributed by atoms with E-state index < -0.39 is 0 Å². The van der Waals surface area contributed by atoms with Gasteiger partial charge in [0, 0.05) is 32.7 Å². The van der Waals surface area contributed by atoms with E-state index in [2.05, 4.69) is 17.1 Å². The van der Waals surface area contributed by atoms with Crippen molar-refractivity contribution < 1.29 is 9.53 Å². The molecule has 2 rings (SSSR count). The Balaban J connectivity index is 1.96. The van der Waals surface area contributed by atoms with Gasteiger partial charge < -0.3 is 14.2 Å². The molecule has 1 aromatic heterocycles. The highest BCUT2D eigenvalue weighted by molar-refractivity contribution is 7.71. The van der Waals surface area contributed by atoms with Crippen LogP contribution in [0, 0.1) is 4.77 Å². The van der Waals surface area contributed by atoms with Gasteiger partial charge >= 0.3 is 0 Å². The van der Waals surface area contributed by atoms with Crippen molar-refractivity contribution in [1.29, 1.82) is 0 Å². The molecule has 22 heavy (non-hydrogen) atoms. The van der Waals surface area contributed by atoms with Gasteiger partial charge in [-0.3, -0.25) is 9.89 Å². The minimum absolute atomic E-state index is 0.0811. The van der Waals surface area contributed by atoms with Gasteiger partial charge in [0.05, 0.1) is 0 Å². The first-order valence-corrected chi connectivity index (χ1v) is 8.47. The number of nitrogens with zero attached hydrogens (tertiary/aromatic N) is 3. The van der Waals surface area contributed by atoms with E-state index >= 15 is 0 Å². The quantitative estimate of drug-likeness (QED) is 0.644. The molecule has 2 heterocycles. The maximum Gasteiger partial charge on any atom is 0.251 e. The van der Waals surface area contributed by atoms with Gasteiger partial charge in [0.25, 0.3) is 5.91 Å². The van der Waals surface area contributed by atoms with Crippen molar-refractivity contribution in [1.82, 2.24) is 19.7 Å². The lowest BCUT2D eigenvalue weighted by Crippen LogP contribution is -2.44. The van der Waals surface area contributed by atoms with Crippen molar-refractivity contribution in [2.24, 2.45) is 7.05 Å². The van der Waals surface area contributed by atoms with Gasteiger partial charge in [-0.05, 0) is 38.4 Å². The number of unbranched alkanes of at least 4 members (excludes halogenated alkanes) is 1. The fraction of sp³-hybridized carbons (Fsp3) is 0.800. The lowest BCUT2D eigenvalue weighted by atomic mass is 9.97. The van der Waals surface area contributed by atoms with E-state index in [1.807, 2.05) is 23.4 Å². The molecule has 7 heteroatoms. The standard InChI is InChI=1S/C15H26N4O2S/c1-4-5-9-21-11(2)14(20)19-8-6-7-12(10-19)13-16-17-15(22)18(13)3/h11-12H,4-10H2,1-3H3,(H,17,22). The summed E-state index contributed by atoms with van der Waals surface area (Å²) in [7, 11) is 1.92. The molecule has 0 saturated carbocycles. The van der Waals surface area contributed by atoms with Gasteiger partial charge in [0.2, 0.25) is 0 Å². The normalized spacial score (nSPS) is 20.1. The van der Waals surface area contributed by atoms with Gasteiger partial charge in [-0.15, -0.1) is 0 Å². The lowest BCUT2D eigenvalue weighted by Gasteiger charge is -2.33. The third-order valence-corrected chi connectivity index (χ3v) is 4.59. The van der Waals surface area contributed by atoms with Crippen LogP contribution in [-0.2, 0) is 16.6 Å². The number of H-pyrrole nitrogens is 1. The number of hydrogen-bond donors (Lipinski definition) is 1. The summed E-state index contributed by atoms with van der Waals surface area (Å²) in [4.78, 5) is 14.4. The summed E-state index contributed by atoms with van der Waals surface area (Å²) in [5, 5.41) is 7.14. The summed E-state index contributed by atoms with van der Waals surface area (Å²) in [5.41, 5.74) is 0. The average molecular weight is 326 g/mol. The van der Waals surface area contributed by atoms with Gasteiger partial charge in [-0.2, -0.15) is 5.10 Å². The van der Waals surface area contributed by atoms with Crippen LogP contribution in [0.2, 0.25) is 0 Å². The Hall–Kier alpha value is -1.21. The van der Waals surface area contributed by atoms with Crippen molar-refractivity contribution in [2.75, 3.05) is 19.7 Å². The molecule has 1 amide bonds. The number of nitrogens with one attached hydrogen (secondary N) is 1. The third-order valence-electron chi connectivity index (χ3n) is 4.23. The summed E-state index contributed by atoms with van der Waals surface area (Å²) in [6.07, 6.45) is 3.71. The topological polar surface area (TPSA) is 63.1 Å². The molecule has 0 spiro atoms. The Kier molecular flexibility index (Phi) is 6.14. The lowest BCUT2D eigenvalue weighted by molar-refractivity contribution is -0.144. The van der Waals surface area contributed by atoms with Crippen molar-refractivity contribution in [3.05, 3.63) is 10.6 Å². The smallest absolute Gasteiger partial charge is 0.251 e. The largest absolute Gasteiger partial charge is 0.369 e. The number of hydrogen-bond acceptors (Lipinski definition) is 4. The Morgan fingerprint density at radius 2 is 2.36 bits per heavy atom. The van der Waals surface area contributed by atoms with Gasteiger partial charge in [0.1, 0.15) is 11.9 Å². The second kappa shape index (κ2) is 7.87. The molecular weight excluding hydrogens is 300 g/mol. The van der Waals surface area contributed by atoms with Crippen molar-refractivity contribution in [3.8, 4) is 0 Å². The molecule has 1 aliphatic rings. The summed E-state index contributed by atoms with van der Waals surface area (Å²) >= 11 is 5.17. The van der Waals surface area contributed by atoms with E-state index in [4.69, 9.17) is 17.0 Å². The fourth-order valence-corrected chi connectivity index (χ4v) is 2.98. The van der Waals surface area contributed by atoms with Crippen LogP contribution < -0.4 is 0 Å². The van der Waals surface area contributed by atoms with Crippen LogP contribution in [0.5, 0.6) is 0 Å². The van der Waals surface area contributed by atoms with E-state index in [1.54, 1.807) is 0 Å². The van der Waals surface area contributed by atoms with Gasteiger partial charge in [0.15, 0.2) is 4.77 Å². The minimum atomic E-state index is -0.368. The molecule has 0 bridgehead atoms. The number of carbonyl (C=O) groups is 1. The Bertz CT molecular complexity index is 554. The van der Waals surface area contributed by atoms with Crippen LogP contribution in [0.25, 0.3) is 0 Å². The maximum atomic E-state index is 12.5. The minimum Gasteiger partial charge on any atom is -0.369 e. The van der Waals surface area contributed by atoms with Crippen LogP contribution in [0.4, 0.5) is 0 Å². The first kappa shape index (κ1) is 17.1. The predicted molar refractivity (Wildman–Crippen MR) is 87.3 cm³/mol. The molecule has 124 valence electrons. The Labute approximate surface area is 136 Å². The number of rotatable bonds is 6. The molecule has 0 radical (unpaired) electrons. The summed E-state index contributed by atoms with van der Waals surface area (Å²) in [6, 6.07) is 0. The second-order valence-corrected chi connectivity index (χ2v) is 6.32. The zero-order valence-corrected chi connectivity index (χ0v) is 14.5. The number of aromatic amines is 1. The number of amides is 1. The van der Waals surface area contributed by atoms with Crippen LogP contribution in [0.15, 0.2) is 0 Å². The zero-order valence-electron chi connectivity index (χ0n) is 13.7. The first-order valence-electron chi connectivity index (χ1n) is 8.06. The van der Waals surface area contributed by atoms with E-state index in [0.717, 1.165) is 38.1 Å². The SMILES string of the molecule is CCCCOC(C)C(=O)N1CCCC(c2n[nH]c(=S)n2C)C1. The molecule has 1 fully saturated rings. The van der Waals surface area contributed by atoms with Gasteiger partial charge in [-0.25, -0.2) is 0 Å². The fourth-order valence-electron chi connectivity index (χ4n) is 2.85. The van der Waals surface area contributed by atoms with Crippen LogP contribution in [0.1, 0.15) is 51.3 Å². The predicted octanol–water partition coefficient (Wildman–Crippen LogP) is 2.39. The molecule has 6 nitrogen and oxygen atoms in total. The van der Waals surface area contributed by atoms with Crippen molar-refractivity contribution in [2.45, 2.75) is 51.6 Å². The Morgan fingerprint density at radius 3 is 3.00 bits per heavy atom. The Morgan fingerprint density at radius 1 is 1.59 bits per heavy atom. The second-order valence-electron chi connectivity index (χ2n) is 5.94. The maximum absolute atomic E-state index is 12.5. The first-order chi connectivity index (χ1) is 10.5. The molecule has 1 N–H and O–H groups in total. The zero-order chi connectivity index (χ0) is 16.1. The number of aromatic nitrogens is 3. The molecule has 0 aromatic carbocycles.